The van der Waals surface area contributed by atoms with Crippen LogP contribution in [0.3, 0.4) is 0 Å². The number of likely N-dealkylation sites (tertiary alicyclic amines) is 1. The third-order valence-corrected chi connectivity index (χ3v) is 6.83. The number of thiophene rings is 1. The van der Waals surface area contributed by atoms with Crippen molar-refractivity contribution >= 4 is 66.6 Å². The first kappa shape index (κ1) is 17.3. The number of rotatable bonds is 4. The minimum atomic E-state index is -0.191. The number of benzene rings is 1. The quantitative estimate of drug-likeness (QED) is 0.680. The summed E-state index contributed by atoms with van der Waals surface area (Å²) in [5, 5.41) is 2.82. The van der Waals surface area contributed by atoms with E-state index in [4.69, 9.17) is 0 Å². The number of imide groups is 1. The second kappa shape index (κ2) is 7.16. The van der Waals surface area contributed by atoms with Crippen molar-refractivity contribution < 1.29 is 14.4 Å². The molecule has 124 valence electrons. The molecule has 1 fully saturated rings. The highest BCUT2D eigenvalue weighted by Crippen LogP contribution is 2.32. The molecular weight excluding hydrogens is 460 g/mol. The summed E-state index contributed by atoms with van der Waals surface area (Å²) in [6.45, 7) is 0.275. The molecule has 0 spiro atoms. The van der Waals surface area contributed by atoms with Gasteiger partial charge in [0, 0.05) is 23.0 Å². The fraction of sp³-hybridized carbons (Fsp3) is 0.188. The SMILES string of the molecule is O=C(Nc1ccc(CN2C(=O)CCC2=O)cc1)c1cc(Br)c(Br)s1. The van der Waals surface area contributed by atoms with Gasteiger partial charge in [-0.25, -0.2) is 0 Å². The third-order valence-electron chi connectivity index (χ3n) is 3.58. The lowest BCUT2D eigenvalue weighted by Gasteiger charge is -2.14. The molecule has 2 heterocycles. The van der Waals surface area contributed by atoms with Gasteiger partial charge in [0.05, 0.1) is 15.2 Å². The zero-order valence-electron chi connectivity index (χ0n) is 12.3. The lowest BCUT2D eigenvalue weighted by atomic mass is 10.2. The van der Waals surface area contributed by atoms with Crippen LogP contribution in [0.4, 0.5) is 5.69 Å². The number of carbonyl (C=O) groups excluding carboxylic acids is 3. The lowest BCUT2D eigenvalue weighted by molar-refractivity contribution is -0.139. The summed E-state index contributed by atoms with van der Waals surface area (Å²) in [6, 6.07) is 8.87. The van der Waals surface area contributed by atoms with Gasteiger partial charge in [0.15, 0.2) is 0 Å². The van der Waals surface area contributed by atoms with E-state index < -0.39 is 0 Å². The number of nitrogens with one attached hydrogen (secondary N) is 1. The van der Waals surface area contributed by atoms with Gasteiger partial charge in [-0.3, -0.25) is 19.3 Å². The number of anilines is 1. The van der Waals surface area contributed by atoms with Gasteiger partial charge in [-0.1, -0.05) is 12.1 Å². The molecule has 0 saturated carbocycles. The highest BCUT2D eigenvalue weighted by atomic mass is 79.9. The topological polar surface area (TPSA) is 66.5 Å². The Morgan fingerprint density at radius 2 is 1.75 bits per heavy atom. The molecule has 0 radical (unpaired) electrons. The largest absolute Gasteiger partial charge is 0.321 e. The maximum absolute atomic E-state index is 12.2. The van der Waals surface area contributed by atoms with Crippen LogP contribution >= 0.6 is 43.2 Å². The minimum Gasteiger partial charge on any atom is -0.321 e. The van der Waals surface area contributed by atoms with Gasteiger partial charge >= 0.3 is 0 Å². The predicted molar refractivity (Wildman–Crippen MR) is 98.9 cm³/mol. The summed E-state index contributed by atoms with van der Waals surface area (Å²) in [7, 11) is 0. The van der Waals surface area contributed by atoms with Crippen LogP contribution < -0.4 is 5.32 Å². The van der Waals surface area contributed by atoms with E-state index >= 15 is 0 Å². The van der Waals surface area contributed by atoms with E-state index in [-0.39, 0.29) is 24.3 Å². The summed E-state index contributed by atoms with van der Waals surface area (Å²) >= 11 is 8.06. The molecule has 0 unspecified atom stereocenters. The lowest BCUT2D eigenvalue weighted by Crippen LogP contribution is -2.28. The molecule has 3 rings (SSSR count). The van der Waals surface area contributed by atoms with E-state index in [9.17, 15) is 14.4 Å². The summed E-state index contributed by atoms with van der Waals surface area (Å²) in [5.74, 6) is -0.457. The summed E-state index contributed by atoms with van der Waals surface area (Å²) in [6.07, 6.45) is 0.581. The van der Waals surface area contributed by atoms with E-state index in [0.717, 1.165) is 13.8 Å². The first-order chi connectivity index (χ1) is 11.4. The van der Waals surface area contributed by atoms with E-state index in [1.54, 1.807) is 30.3 Å². The molecule has 0 bridgehead atoms. The van der Waals surface area contributed by atoms with Gasteiger partial charge in [0.2, 0.25) is 11.8 Å². The number of hydrogen-bond acceptors (Lipinski definition) is 4. The smallest absolute Gasteiger partial charge is 0.265 e. The van der Waals surface area contributed by atoms with E-state index in [1.165, 1.54) is 16.2 Å². The monoisotopic (exact) mass is 470 g/mol. The fourth-order valence-electron chi connectivity index (χ4n) is 2.33. The molecule has 1 N–H and O–H groups in total. The Hall–Kier alpha value is -1.51. The van der Waals surface area contributed by atoms with Gasteiger partial charge < -0.3 is 5.32 Å². The summed E-state index contributed by atoms with van der Waals surface area (Å²) in [4.78, 5) is 37.3. The molecule has 5 nitrogen and oxygen atoms in total. The molecule has 2 aromatic rings. The van der Waals surface area contributed by atoms with Gasteiger partial charge in [-0.2, -0.15) is 0 Å². The molecular formula is C16H12Br2N2O3S. The highest BCUT2D eigenvalue weighted by molar-refractivity contribution is 9.13. The second-order valence-corrected chi connectivity index (χ2v) is 8.48. The van der Waals surface area contributed by atoms with Gasteiger partial charge in [0.1, 0.15) is 0 Å². The van der Waals surface area contributed by atoms with E-state index in [0.29, 0.717) is 23.4 Å². The van der Waals surface area contributed by atoms with Gasteiger partial charge in [-0.05, 0) is 55.6 Å². The number of halogens is 2. The third kappa shape index (κ3) is 3.76. The number of carbonyl (C=O) groups is 3. The van der Waals surface area contributed by atoms with Crippen LogP contribution in [0.1, 0.15) is 28.1 Å². The molecule has 1 aromatic heterocycles. The van der Waals surface area contributed by atoms with Gasteiger partial charge in [-0.15, -0.1) is 11.3 Å². The molecule has 3 amide bonds. The van der Waals surface area contributed by atoms with Crippen LogP contribution in [0, 0.1) is 0 Å². The van der Waals surface area contributed by atoms with Crippen LogP contribution in [-0.4, -0.2) is 22.6 Å². The van der Waals surface area contributed by atoms with Crippen molar-refractivity contribution in [2.45, 2.75) is 19.4 Å². The average molecular weight is 472 g/mol. The maximum Gasteiger partial charge on any atom is 0.265 e. The fourth-order valence-corrected chi connectivity index (χ4v) is 4.26. The minimum absolute atomic E-state index is 0.133. The zero-order chi connectivity index (χ0) is 17.3. The second-order valence-electron chi connectivity index (χ2n) is 5.26. The van der Waals surface area contributed by atoms with Crippen LogP contribution in [0.15, 0.2) is 38.6 Å². The Morgan fingerprint density at radius 1 is 1.12 bits per heavy atom. The van der Waals surface area contributed by atoms with Crippen LogP contribution in [-0.2, 0) is 16.1 Å². The van der Waals surface area contributed by atoms with E-state index in [1.807, 2.05) is 0 Å². The van der Waals surface area contributed by atoms with Crippen molar-refractivity contribution in [1.82, 2.24) is 4.90 Å². The Balaban J connectivity index is 1.65. The zero-order valence-corrected chi connectivity index (χ0v) is 16.3. The van der Waals surface area contributed by atoms with Gasteiger partial charge in [0.25, 0.3) is 5.91 Å². The molecule has 0 atom stereocenters. The number of hydrogen-bond donors (Lipinski definition) is 1. The Kier molecular flexibility index (Phi) is 5.17. The normalized spacial score (nSPS) is 14.3. The van der Waals surface area contributed by atoms with Crippen LogP contribution in [0.5, 0.6) is 0 Å². The average Bonchev–Trinajstić information content (AvgIpc) is 3.06. The standard InChI is InChI=1S/C16H12Br2N2O3S/c17-11-7-12(24-15(11)18)16(23)19-10-3-1-9(2-4-10)8-20-13(21)5-6-14(20)22/h1-4,7H,5-6,8H2,(H,19,23). The van der Waals surface area contributed by atoms with Crippen LogP contribution in [0.2, 0.25) is 0 Å². The number of amides is 3. The molecule has 1 aliphatic heterocycles. The first-order valence-corrected chi connectivity index (χ1v) is 9.52. The predicted octanol–water partition coefficient (Wildman–Crippen LogP) is 4.17. The molecule has 0 aliphatic carbocycles. The van der Waals surface area contributed by atoms with Crippen LogP contribution in [0.25, 0.3) is 0 Å². The van der Waals surface area contributed by atoms with Crippen molar-refractivity contribution in [2.75, 3.05) is 5.32 Å². The maximum atomic E-state index is 12.2. The highest BCUT2D eigenvalue weighted by Gasteiger charge is 2.28. The molecule has 1 aromatic carbocycles. The van der Waals surface area contributed by atoms with Crippen molar-refractivity contribution in [2.24, 2.45) is 0 Å². The molecule has 1 aliphatic rings. The van der Waals surface area contributed by atoms with Crippen molar-refractivity contribution in [3.05, 3.63) is 49.0 Å². The summed E-state index contributed by atoms with van der Waals surface area (Å²) in [5.41, 5.74) is 1.50. The van der Waals surface area contributed by atoms with Crippen molar-refractivity contribution in [1.29, 1.82) is 0 Å². The van der Waals surface area contributed by atoms with Crippen molar-refractivity contribution in [3.8, 4) is 0 Å². The first-order valence-electron chi connectivity index (χ1n) is 7.12. The Morgan fingerprint density at radius 3 is 2.29 bits per heavy atom. The summed E-state index contributed by atoms with van der Waals surface area (Å²) < 4.78 is 1.70. The molecule has 8 heteroatoms. The number of nitrogens with zero attached hydrogens (tertiary/aromatic N) is 1. The van der Waals surface area contributed by atoms with E-state index in [2.05, 4.69) is 37.2 Å². The Bertz CT molecular complexity index is 782. The Labute approximate surface area is 159 Å². The van der Waals surface area contributed by atoms with Crippen molar-refractivity contribution in [3.63, 3.8) is 0 Å². The molecule has 24 heavy (non-hydrogen) atoms. The molecule has 1 saturated heterocycles.